The molecule has 0 aliphatic rings. The zero-order valence-electron chi connectivity index (χ0n) is 13.3. The largest absolute Gasteiger partial charge is 0.314 e. The van der Waals surface area contributed by atoms with Crippen molar-refractivity contribution in [2.45, 2.75) is 66.3 Å². The third kappa shape index (κ3) is 6.58. The topological polar surface area (TPSA) is 12.0 Å². The van der Waals surface area contributed by atoms with Gasteiger partial charge in [-0.3, -0.25) is 0 Å². The van der Waals surface area contributed by atoms with E-state index in [1.807, 2.05) is 11.3 Å². The third-order valence-corrected chi connectivity index (χ3v) is 5.05. The Morgan fingerprint density at radius 1 is 1.32 bits per heavy atom. The molecule has 0 bridgehead atoms. The molecule has 1 nitrogen and oxygen atoms in total. The van der Waals surface area contributed by atoms with E-state index < -0.39 is 0 Å². The number of rotatable bonds is 8. The molecule has 0 saturated carbocycles. The summed E-state index contributed by atoms with van der Waals surface area (Å²) in [6.07, 6.45) is 4.99. The second kappa shape index (κ2) is 8.06. The Labute approximate surface area is 123 Å². The van der Waals surface area contributed by atoms with Crippen LogP contribution >= 0.6 is 11.3 Å². The molecule has 1 aromatic rings. The van der Waals surface area contributed by atoms with E-state index in [-0.39, 0.29) is 0 Å². The van der Waals surface area contributed by atoms with Crippen molar-refractivity contribution < 1.29 is 0 Å². The van der Waals surface area contributed by atoms with Crippen LogP contribution in [-0.4, -0.2) is 12.6 Å². The van der Waals surface area contributed by atoms with Gasteiger partial charge in [-0.15, -0.1) is 11.3 Å². The average Bonchev–Trinajstić information content (AvgIpc) is 2.84. The van der Waals surface area contributed by atoms with Crippen LogP contribution in [-0.2, 0) is 6.42 Å². The SMILES string of the molecule is CCCNC(CCc1cccs1)CC(C)C(C)(C)C. The lowest BCUT2D eigenvalue weighted by molar-refractivity contribution is 0.219. The van der Waals surface area contributed by atoms with E-state index in [0.717, 1.165) is 12.5 Å². The molecule has 0 saturated heterocycles. The van der Waals surface area contributed by atoms with E-state index >= 15 is 0 Å². The van der Waals surface area contributed by atoms with Crippen LogP contribution in [0.5, 0.6) is 0 Å². The lowest BCUT2D eigenvalue weighted by Crippen LogP contribution is -2.34. The maximum Gasteiger partial charge on any atom is 0.00732 e. The van der Waals surface area contributed by atoms with E-state index in [9.17, 15) is 0 Å². The number of thiophene rings is 1. The predicted molar refractivity (Wildman–Crippen MR) is 88.0 cm³/mol. The van der Waals surface area contributed by atoms with Gasteiger partial charge in [-0.2, -0.15) is 0 Å². The lowest BCUT2D eigenvalue weighted by Gasteiger charge is -2.31. The van der Waals surface area contributed by atoms with Gasteiger partial charge in [0.15, 0.2) is 0 Å². The predicted octanol–water partition coefficient (Wildman–Crippen LogP) is 5.12. The fourth-order valence-corrected chi connectivity index (χ4v) is 2.93. The molecule has 110 valence electrons. The molecule has 0 radical (unpaired) electrons. The molecule has 19 heavy (non-hydrogen) atoms. The third-order valence-electron chi connectivity index (χ3n) is 4.12. The quantitative estimate of drug-likeness (QED) is 0.697. The fourth-order valence-electron chi connectivity index (χ4n) is 2.20. The van der Waals surface area contributed by atoms with Gasteiger partial charge in [-0.1, -0.05) is 40.7 Å². The second-order valence-electron chi connectivity index (χ2n) is 6.77. The van der Waals surface area contributed by atoms with Gasteiger partial charge in [0.25, 0.3) is 0 Å². The molecule has 2 unspecified atom stereocenters. The summed E-state index contributed by atoms with van der Waals surface area (Å²) in [6, 6.07) is 5.08. The van der Waals surface area contributed by atoms with Gasteiger partial charge >= 0.3 is 0 Å². The fraction of sp³-hybridized carbons (Fsp3) is 0.765. The van der Waals surface area contributed by atoms with Gasteiger partial charge in [-0.05, 0) is 55.0 Å². The molecule has 0 aliphatic carbocycles. The van der Waals surface area contributed by atoms with Gasteiger partial charge < -0.3 is 5.32 Å². The van der Waals surface area contributed by atoms with Crippen LogP contribution in [0.4, 0.5) is 0 Å². The Kier molecular flexibility index (Phi) is 7.09. The van der Waals surface area contributed by atoms with E-state index in [0.29, 0.717) is 11.5 Å². The number of nitrogens with one attached hydrogen (secondary N) is 1. The molecule has 1 aromatic heterocycles. The van der Waals surface area contributed by atoms with E-state index in [4.69, 9.17) is 0 Å². The summed E-state index contributed by atoms with van der Waals surface area (Å²) in [4.78, 5) is 1.52. The number of aryl methyl sites for hydroxylation is 1. The maximum absolute atomic E-state index is 3.74. The van der Waals surface area contributed by atoms with Crippen molar-refractivity contribution in [3.63, 3.8) is 0 Å². The second-order valence-corrected chi connectivity index (χ2v) is 7.80. The van der Waals surface area contributed by atoms with Crippen molar-refractivity contribution in [3.05, 3.63) is 22.4 Å². The zero-order chi connectivity index (χ0) is 14.3. The normalized spacial score (nSPS) is 15.4. The molecule has 0 spiro atoms. The molecule has 1 N–H and O–H groups in total. The highest BCUT2D eigenvalue weighted by molar-refractivity contribution is 7.09. The van der Waals surface area contributed by atoms with Crippen molar-refractivity contribution >= 4 is 11.3 Å². The standard InChI is InChI=1S/C17H31NS/c1-6-11-18-15(13-14(2)17(3,4)5)9-10-16-8-7-12-19-16/h7-8,12,14-15,18H,6,9-11,13H2,1-5H3. The molecule has 0 amide bonds. The smallest absolute Gasteiger partial charge is 0.00732 e. The minimum absolute atomic E-state index is 0.412. The zero-order valence-corrected chi connectivity index (χ0v) is 14.1. The summed E-state index contributed by atoms with van der Waals surface area (Å²) < 4.78 is 0. The highest BCUT2D eigenvalue weighted by Gasteiger charge is 2.23. The molecule has 0 fully saturated rings. The van der Waals surface area contributed by atoms with Crippen molar-refractivity contribution in [2.24, 2.45) is 11.3 Å². The van der Waals surface area contributed by atoms with Gasteiger partial charge in [0, 0.05) is 10.9 Å². The van der Waals surface area contributed by atoms with Crippen LogP contribution in [0.15, 0.2) is 17.5 Å². The lowest BCUT2D eigenvalue weighted by atomic mass is 9.78. The summed E-state index contributed by atoms with van der Waals surface area (Å²) in [5.74, 6) is 0.755. The maximum atomic E-state index is 3.74. The average molecular weight is 282 g/mol. The monoisotopic (exact) mass is 281 g/mol. The summed E-state index contributed by atoms with van der Waals surface area (Å²) >= 11 is 1.89. The molecule has 0 aromatic carbocycles. The first-order valence-electron chi connectivity index (χ1n) is 7.69. The van der Waals surface area contributed by atoms with E-state index in [1.54, 1.807) is 0 Å². The van der Waals surface area contributed by atoms with Gasteiger partial charge in [0.2, 0.25) is 0 Å². The highest BCUT2D eigenvalue weighted by atomic mass is 32.1. The summed E-state index contributed by atoms with van der Waals surface area (Å²) in [5, 5.41) is 5.92. The Morgan fingerprint density at radius 3 is 2.58 bits per heavy atom. The van der Waals surface area contributed by atoms with Gasteiger partial charge in [-0.25, -0.2) is 0 Å². The number of hydrogen-bond donors (Lipinski definition) is 1. The van der Waals surface area contributed by atoms with Gasteiger partial charge in [0.05, 0.1) is 0 Å². The molecular formula is C17H31NS. The summed E-state index contributed by atoms with van der Waals surface area (Å²) in [5.41, 5.74) is 0.412. The first kappa shape index (κ1) is 16.7. The minimum Gasteiger partial charge on any atom is -0.314 e. The Bertz CT molecular complexity index is 324. The van der Waals surface area contributed by atoms with Crippen LogP contribution < -0.4 is 5.32 Å². The summed E-state index contributed by atoms with van der Waals surface area (Å²) in [6.45, 7) is 12.9. The van der Waals surface area contributed by atoms with Crippen molar-refractivity contribution in [2.75, 3.05) is 6.54 Å². The van der Waals surface area contributed by atoms with Crippen LogP contribution in [0.3, 0.4) is 0 Å². The van der Waals surface area contributed by atoms with Crippen LogP contribution in [0.25, 0.3) is 0 Å². The first-order chi connectivity index (χ1) is 8.93. The van der Waals surface area contributed by atoms with Crippen LogP contribution in [0.2, 0.25) is 0 Å². The van der Waals surface area contributed by atoms with E-state index in [1.165, 1.54) is 30.6 Å². The molecule has 1 heterocycles. The number of hydrogen-bond acceptors (Lipinski definition) is 2. The molecule has 1 rings (SSSR count). The molecule has 2 atom stereocenters. The van der Waals surface area contributed by atoms with Crippen LogP contribution in [0, 0.1) is 11.3 Å². The van der Waals surface area contributed by atoms with Crippen LogP contribution in [0.1, 0.15) is 58.8 Å². The van der Waals surface area contributed by atoms with E-state index in [2.05, 4.69) is 57.4 Å². The summed E-state index contributed by atoms with van der Waals surface area (Å²) in [7, 11) is 0. The first-order valence-corrected chi connectivity index (χ1v) is 8.57. The Hall–Kier alpha value is -0.340. The van der Waals surface area contributed by atoms with Crippen molar-refractivity contribution in [3.8, 4) is 0 Å². The van der Waals surface area contributed by atoms with Crippen molar-refractivity contribution in [1.82, 2.24) is 5.32 Å². The van der Waals surface area contributed by atoms with Crippen molar-refractivity contribution in [1.29, 1.82) is 0 Å². The Morgan fingerprint density at radius 2 is 2.05 bits per heavy atom. The van der Waals surface area contributed by atoms with Gasteiger partial charge in [0.1, 0.15) is 0 Å². The highest BCUT2D eigenvalue weighted by Crippen LogP contribution is 2.30. The molecule has 0 aliphatic heterocycles. The molecule has 2 heteroatoms. The molecular weight excluding hydrogens is 250 g/mol. The Balaban J connectivity index is 2.46. The minimum atomic E-state index is 0.412.